The zero-order valence-electron chi connectivity index (χ0n) is 26.0. The lowest BCUT2D eigenvalue weighted by Gasteiger charge is -2.20. The van der Waals surface area contributed by atoms with Crippen molar-refractivity contribution in [2.24, 2.45) is 0 Å². The molecule has 0 bridgehead atoms. The minimum atomic E-state index is -4.68. The molecule has 8 heteroatoms. The molecule has 0 fully saturated rings. The predicted octanol–water partition coefficient (Wildman–Crippen LogP) is 10.5. The zero-order valence-corrected chi connectivity index (χ0v) is 26.0. The number of alkyl halides is 3. The number of benzene rings is 3. The van der Waals surface area contributed by atoms with Crippen LogP contribution in [0.4, 0.5) is 13.2 Å². The van der Waals surface area contributed by atoms with Gasteiger partial charge in [0.15, 0.2) is 6.10 Å². The van der Waals surface area contributed by atoms with Gasteiger partial charge in [-0.15, -0.1) is 6.58 Å². The van der Waals surface area contributed by atoms with E-state index in [1.807, 2.05) is 36.4 Å². The molecule has 3 aromatic carbocycles. The fraction of sp³-hybridized carbons (Fsp3) is 0.405. The van der Waals surface area contributed by atoms with Crippen LogP contribution in [0, 0.1) is 0 Å². The summed E-state index contributed by atoms with van der Waals surface area (Å²) in [5.74, 6) is -0.631. The molecule has 5 nitrogen and oxygen atoms in total. The molecule has 3 rings (SSSR count). The fourth-order valence-electron chi connectivity index (χ4n) is 4.73. The lowest BCUT2D eigenvalue weighted by Crippen LogP contribution is -2.33. The first-order valence-electron chi connectivity index (χ1n) is 15.8. The molecule has 0 saturated heterocycles. The quantitative estimate of drug-likeness (QED) is 0.0575. The molecular formula is C37H43F3O5. The average molecular weight is 625 g/mol. The van der Waals surface area contributed by atoms with Gasteiger partial charge in [-0.25, -0.2) is 9.59 Å². The highest BCUT2D eigenvalue weighted by Crippen LogP contribution is 2.28. The van der Waals surface area contributed by atoms with Gasteiger partial charge >= 0.3 is 18.1 Å². The SMILES string of the molecule is C=CCCC[C@@H](OC(=O)c1ccc(C(=O)Oc2ccc(-c3ccc(OCCCCCCCCCC)cc3)cc2)cc1)C(F)(F)F. The van der Waals surface area contributed by atoms with Crippen LogP contribution in [0.1, 0.15) is 98.3 Å². The molecule has 0 heterocycles. The van der Waals surface area contributed by atoms with Crippen molar-refractivity contribution in [2.75, 3.05) is 6.61 Å². The highest BCUT2D eigenvalue weighted by atomic mass is 19.4. The number of allylic oxidation sites excluding steroid dienone is 1. The maximum atomic E-state index is 13.3. The third-order valence-electron chi connectivity index (χ3n) is 7.36. The predicted molar refractivity (Wildman–Crippen MR) is 171 cm³/mol. The van der Waals surface area contributed by atoms with Crippen LogP contribution in [-0.2, 0) is 4.74 Å². The van der Waals surface area contributed by atoms with E-state index in [9.17, 15) is 22.8 Å². The molecule has 1 atom stereocenters. The molecule has 45 heavy (non-hydrogen) atoms. The van der Waals surface area contributed by atoms with Gasteiger partial charge in [-0.05, 0) is 85.3 Å². The summed E-state index contributed by atoms with van der Waals surface area (Å²) in [6.45, 7) is 6.42. The van der Waals surface area contributed by atoms with E-state index < -0.39 is 24.2 Å². The van der Waals surface area contributed by atoms with E-state index >= 15 is 0 Å². The van der Waals surface area contributed by atoms with E-state index in [0.717, 1.165) is 23.3 Å². The van der Waals surface area contributed by atoms with Crippen molar-refractivity contribution in [3.05, 3.63) is 96.6 Å². The summed E-state index contributed by atoms with van der Waals surface area (Å²) >= 11 is 0. The largest absolute Gasteiger partial charge is 0.494 e. The van der Waals surface area contributed by atoms with Gasteiger partial charge in [-0.2, -0.15) is 13.2 Å². The Bertz CT molecular complexity index is 1320. The first kappa shape index (κ1) is 35.4. The molecule has 0 spiro atoms. The van der Waals surface area contributed by atoms with E-state index in [1.165, 1.54) is 75.3 Å². The van der Waals surface area contributed by atoms with E-state index in [-0.39, 0.29) is 24.0 Å². The van der Waals surface area contributed by atoms with E-state index in [1.54, 1.807) is 12.1 Å². The summed E-state index contributed by atoms with van der Waals surface area (Å²) in [5, 5.41) is 0. The standard InChI is InChI=1S/C37H43F3O5/c1-3-5-7-8-9-10-11-13-27-43-32-23-19-28(20-24-32)29-21-25-33(26-22-29)44-35(41)30-15-17-31(18-16-30)36(42)45-34(37(38,39)40)14-12-6-4-2/h4,15-26,34H,2-3,5-14,27H2,1H3/t34-/m1/s1. The number of ether oxygens (including phenoxy) is 3. The Hall–Kier alpha value is -4.07. The molecular weight excluding hydrogens is 581 g/mol. The Morgan fingerprint density at radius 3 is 1.76 bits per heavy atom. The number of carbonyl (C=O) groups is 2. The van der Waals surface area contributed by atoms with Crippen LogP contribution in [0.5, 0.6) is 11.5 Å². The number of carbonyl (C=O) groups excluding carboxylic acids is 2. The maximum absolute atomic E-state index is 13.3. The molecule has 0 unspecified atom stereocenters. The van der Waals surface area contributed by atoms with E-state index in [2.05, 4.69) is 13.5 Å². The molecule has 3 aromatic rings. The van der Waals surface area contributed by atoms with Crippen molar-refractivity contribution in [2.45, 2.75) is 89.8 Å². The van der Waals surface area contributed by atoms with Crippen LogP contribution < -0.4 is 9.47 Å². The smallest absolute Gasteiger partial charge is 0.425 e. The van der Waals surface area contributed by atoms with Gasteiger partial charge < -0.3 is 14.2 Å². The summed E-state index contributed by atoms with van der Waals surface area (Å²) in [6, 6.07) is 20.0. The molecule has 0 aliphatic carbocycles. The van der Waals surface area contributed by atoms with Crippen molar-refractivity contribution in [1.29, 1.82) is 0 Å². The molecule has 0 aliphatic heterocycles. The topological polar surface area (TPSA) is 61.8 Å². The Kier molecular flexibility index (Phi) is 14.7. The lowest BCUT2D eigenvalue weighted by atomic mass is 10.1. The highest BCUT2D eigenvalue weighted by molar-refractivity contribution is 5.94. The molecule has 0 N–H and O–H groups in total. The monoisotopic (exact) mass is 624 g/mol. The summed E-state index contributed by atoms with van der Waals surface area (Å²) < 4.78 is 55.9. The van der Waals surface area contributed by atoms with Crippen LogP contribution in [0.2, 0.25) is 0 Å². The molecule has 0 saturated carbocycles. The minimum absolute atomic E-state index is 0.0986. The second-order valence-corrected chi connectivity index (χ2v) is 11.0. The summed E-state index contributed by atoms with van der Waals surface area (Å²) in [5.41, 5.74) is 1.96. The number of hydrogen-bond donors (Lipinski definition) is 0. The van der Waals surface area contributed by atoms with Gasteiger partial charge in [-0.3, -0.25) is 0 Å². The second kappa shape index (κ2) is 18.7. The first-order chi connectivity index (χ1) is 21.7. The summed E-state index contributed by atoms with van der Waals surface area (Å²) in [7, 11) is 0. The Labute approximate surface area is 264 Å². The van der Waals surface area contributed by atoms with Gasteiger partial charge in [0.1, 0.15) is 11.5 Å². The van der Waals surface area contributed by atoms with Crippen LogP contribution in [-0.4, -0.2) is 30.8 Å². The molecule has 0 aromatic heterocycles. The number of hydrogen-bond acceptors (Lipinski definition) is 5. The normalized spacial score (nSPS) is 11.9. The summed E-state index contributed by atoms with van der Waals surface area (Å²) in [4.78, 5) is 25.0. The Morgan fingerprint density at radius 1 is 0.711 bits per heavy atom. The van der Waals surface area contributed by atoms with Crippen LogP contribution in [0.25, 0.3) is 11.1 Å². The first-order valence-corrected chi connectivity index (χ1v) is 15.8. The lowest BCUT2D eigenvalue weighted by molar-refractivity contribution is -0.206. The van der Waals surface area contributed by atoms with Gasteiger partial charge in [0.25, 0.3) is 0 Å². The zero-order chi connectivity index (χ0) is 32.5. The van der Waals surface area contributed by atoms with Crippen LogP contribution >= 0.6 is 0 Å². The molecule has 242 valence electrons. The Balaban J connectivity index is 1.46. The third kappa shape index (κ3) is 12.4. The van der Waals surface area contributed by atoms with Gasteiger partial charge in [0.2, 0.25) is 0 Å². The number of rotatable bonds is 19. The summed E-state index contributed by atoms with van der Waals surface area (Å²) in [6.07, 6.45) is 4.87. The minimum Gasteiger partial charge on any atom is -0.494 e. The van der Waals surface area contributed by atoms with E-state index in [4.69, 9.17) is 14.2 Å². The molecule has 0 radical (unpaired) electrons. The van der Waals surface area contributed by atoms with Crippen LogP contribution in [0.3, 0.4) is 0 Å². The number of unbranched alkanes of at least 4 members (excludes halogenated alkanes) is 8. The van der Waals surface area contributed by atoms with Gasteiger partial charge in [0, 0.05) is 0 Å². The van der Waals surface area contributed by atoms with Crippen molar-refractivity contribution < 1.29 is 37.0 Å². The van der Waals surface area contributed by atoms with Crippen molar-refractivity contribution in [1.82, 2.24) is 0 Å². The van der Waals surface area contributed by atoms with Crippen molar-refractivity contribution >= 4 is 11.9 Å². The molecule has 0 aliphatic rings. The number of halogens is 3. The average Bonchev–Trinajstić information content (AvgIpc) is 3.04. The van der Waals surface area contributed by atoms with E-state index in [0.29, 0.717) is 18.8 Å². The second-order valence-electron chi connectivity index (χ2n) is 11.0. The highest BCUT2D eigenvalue weighted by Gasteiger charge is 2.42. The maximum Gasteiger partial charge on any atom is 0.425 e. The fourth-order valence-corrected chi connectivity index (χ4v) is 4.73. The van der Waals surface area contributed by atoms with Crippen molar-refractivity contribution in [3.63, 3.8) is 0 Å². The van der Waals surface area contributed by atoms with Gasteiger partial charge in [0.05, 0.1) is 17.7 Å². The molecule has 0 amide bonds. The van der Waals surface area contributed by atoms with Crippen LogP contribution in [0.15, 0.2) is 85.5 Å². The van der Waals surface area contributed by atoms with Crippen molar-refractivity contribution in [3.8, 4) is 22.6 Å². The third-order valence-corrected chi connectivity index (χ3v) is 7.36. The Morgan fingerprint density at radius 2 is 1.22 bits per heavy atom. The van der Waals surface area contributed by atoms with Gasteiger partial charge in [-0.1, -0.05) is 82.2 Å². The number of esters is 2.